The van der Waals surface area contributed by atoms with Crippen molar-refractivity contribution in [3.8, 4) is 0 Å². The van der Waals surface area contributed by atoms with Crippen LogP contribution in [0.1, 0.15) is 45.4 Å². The smallest absolute Gasteiger partial charge is 0.123 e. The van der Waals surface area contributed by atoms with E-state index in [1.165, 1.54) is 33.2 Å². The molecule has 0 atom stereocenters. The molecule has 0 unspecified atom stereocenters. The van der Waals surface area contributed by atoms with Gasteiger partial charge in [-0.1, -0.05) is 66.8 Å². The van der Waals surface area contributed by atoms with Gasteiger partial charge in [0.15, 0.2) is 0 Å². The molecule has 0 amide bonds. The summed E-state index contributed by atoms with van der Waals surface area (Å²) in [5, 5.41) is 12.1. The summed E-state index contributed by atoms with van der Waals surface area (Å²) in [4.78, 5) is 3.32. The van der Waals surface area contributed by atoms with Crippen LogP contribution in [0.25, 0.3) is 28.3 Å². The lowest BCUT2D eigenvalue weighted by Gasteiger charge is -2.09. The van der Waals surface area contributed by atoms with Gasteiger partial charge in [-0.2, -0.15) is 0 Å². The summed E-state index contributed by atoms with van der Waals surface area (Å²) in [5.41, 5.74) is 10.2. The maximum atomic E-state index is 10.9. The fraction of sp³-hybridized carbons (Fsp3) is 0.161. The lowest BCUT2D eigenvalue weighted by atomic mass is 9.97. The van der Waals surface area contributed by atoms with Crippen LogP contribution in [0, 0.1) is 27.7 Å². The zero-order valence-electron chi connectivity index (χ0n) is 19.8. The summed E-state index contributed by atoms with van der Waals surface area (Å²) < 4.78 is 0. The number of benzene rings is 3. The number of aromatic nitrogens is 1. The minimum atomic E-state index is 0.281. The van der Waals surface area contributed by atoms with Crippen molar-refractivity contribution in [2.75, 3.05) is 0 Å². The average molecular weight is 434 g/mol. The second-order valence-electron chi connectivity index (χ2n) is 8.71. The van der Waals surface area contributed by atoms with Gasteiger partial charge < -0.3 is 10.1 Å². The molecule has 0 radical (unpaired) electrons. The topological polar surface area (TPSA) is 36.0 Å². The number of aliphatic hydroxyl groups is 1. The molecule has 2 heteroatoms. The van der Waals surface area contributed by atoms with Gasteiger partial charge in [-0.15, -0.1) is 0 Å². The van der Waals surface area contributed by atoms with Crippen molar-refractivity contribution >= 4 is 28.3 Å². The van der Waals surface area contributed by atoms with E-state index in [2.05, 4.69) is 93.4 Å². The maximum absolute atomic E-state index is 10.9. The van der Waals surface area contributed by atoms with Crippen LogP contribution in [-0.2, 0) is 0 Å². The quantitative estimate of drug-likeness (QED) is 0.232. The lowest BCUT2D eigenvalue weighted by Crippen LogP contribution is -1.90. The lowest BCUT2D eigenvalue weighted by molar-refractivity contribution is 0.512. The van der Waals surface area contributed by atoms with E-state index in [0.29, 0.717) is 0 Å². The minimum absolute atomic E-state index is 0.281. The highest BCUT2D eigenvalue weighted by Gasteiger charge is 2.06. The van der Waals surface area contributed by atoms with Crippen LogP contribution in [0.15, 0.2) is 85.1 Å². The van der Waals surface area contributed by atoms with Crippen LogP contribution >= 0.6 is 0 Å². The van der Waals surface area contributed by atoms with E-state index >= 15 is 0 Å². The number of aromatic amines is 1. The van der Waals surface area contributed by atoms with Crippen LogP contribution in [0.4, 0.5) is 0 Å². The van der Waals surface area contributed by atoms with Gasteiger partial charge >= 0.3 is 0 Å². The Hall–Kier alpha value is -3.78. The molecule has 0 saturated heterocycles. The molecule has 3 aromatic carbocycles. The summed E-state index contributed by atoms with van der Waals surface area (Å²) in [5.74, 6) is 0.281. The molecule has 0 aliphatic carbocycles. The number of para-hydroxylation sites is 1. The normalized spacial score (nSPS) is 12.7. The molecule has 1 heterocycles. The molecule has 0 spiro atoms. The molecule has 0 fully saturated rings. The Morgan fingerprint density at radius 3 is 2.21 bits per heavy atom. The van der Waals surface area contributed by atoms with Gasteiger partial charge in [0.1, 0.15) is 5.76 Å². The molecule has 2 nitrogen and oxygen atoms in total. The van der Waals surface area contributed by atoms with E-state index in [1.54, 1.807) is 0 Å². The summed E-state index contributed by atoms with van der Waals surface area (Å²) in [6, 6.07) is 20.8. The van der Waals surface area contributed by atoms with Crippen LogP contribution < -0.4 is 0 Å². The van der Waals surface area contributed by atoms with Crippen molar-refractivity contribution in [1.82, 2.24) is 4.98 Å². The number of H-pyrrole nitrogens is 1. The van der Waals surface area contributed by atoms with Crippen molar-refractivity contribution in [3.05, 3.63) is 124 Å². The first kappa shape index (κ1) is 22.4. The highest BCUT2D eigenvalue weighted by Crippen LogP contribution is 2.25. The summed E-state index contributed by atoms with van der Waals surface area (Å²) in [7, 11) is 0. The van der Waals surface area contributed by atoms with Crippen molar-refractivity contribution in [2.45, 2.75) is 34.1 Å². The summed E-state index contributed by atoms with van der Waals surface area (Å²) >= 11 is 0. The molecule has 33 heavy (non-hydrogen) atoms. The summed E-state index contributed by atoms with van der Waals surface area (Å²) in [6.07, 6.45) is 11.2. The zero-order valence-corrected chi connectivity index (χ0v) is 19.8. The largest absolute Gasteiger partial charge is 0.507 e. The van der Waals surface area contributed by atoms with E-state index < -0.39 is 0 Å². The first-order valence-electron chi connectivity index (χ1n) is 11.4. The number of hydrogen-bond donors (Lipinski definition) is 2. The van der Waals surface area contributed by atoms with Gasteiger partial charge in [0.25, 0.3) is 0 Å². The molecular formula is C31H31NO. The van der Waals surface area contributed by atoms with Crippen LogP contribution in [0.2, 0.25) is 0 Å². The average Bonchev–Trinajstić information content (AvgIpc) is 3.22. The number of aliphatic hydroxyl groups excluding tert-OH is 1. The number of hydrogen-bond acceptors (Lipinski definition) is 1. The highest BCUT2D eigenvalue weighted by molar-refractivity contribution is 5.89. The second kappa shape index (κ2) is 9.79. The molecule has 166 valence electrons. The second-order valence-corrected chi connectivity index (χ2v) is 8.71. The van der Waals surface area contributed by atoms with Crippen LogP contribution in [0.3, 0.4) is 0 Å². The van der Waals surface area contributed by atoms with Gasteiger partial charge in [0, 0.05) is 22.7 Å². The third-order valence-corrected chi connectivity index (χ3v) is 6.33. The Morgan fingerprint density at radius 1 is 0.818 bits per heavy atom. The van der Waals surface area contributed by atoms with E-state index in [4.69, 9.17) is 0 Å². The zero-order chi connectivity index (χ0) is 23.4. The van der Waals surface area contributed by atoms with Crippen LogP contribution in [-0.4, -0.2) is 10.1 Å². The monoisotopic (exact) mass is 433 g/mol. The number of allylic oxidation sites excluding steroid dienone is 4. The first-order valence-corrected chi connectivity index (χ1v) is 11.4. The molecular weight excluding hydrogens is 402 g/mol. The molecule has 1 aromatic heterocycles. The molecule has 0 bridgehead atoms. The molecule has 2 N–H and O–H groups in total. The Labute approximate surface area is 196 Å². The Kier molecular flexibility index (Phi) is 6.65. The number of nitrogens with one attached hydrogen (secondary N) is 1. The third kappa shape index (κ3) is 5.18. The number of fused-ring (bicyclic) bond motifs is 1. The minimum Gasteiger partial charge on any atom is -0.507 e. The molecule has 0 saturated carbocycles. The van der Waals surface area contributed by atoms with E-state index in [0.717, 1.165) is 28.6 Å². The van der Waals surface area contributed by atoms with Crippen molar-refractivity contribution in [3.63, 3.8) is 0 Å². The van der Waals surface area contributed by atoms with Gasteiger partial charge in [-0.3, -0.25) is 0 Å². The van der Waals surface area contributed by atoms with Crippen molar-refractivity contribution < 1.29 is 5.11 Å². The van der Waals surface area contributed by atoms with Gasteiger partial charge in [-0.05, 0) is 91.3 Å². The fourth-order valence-corrected chi connectivity index (χ4v) is 3.93. The molecule has 4 rings (SSSR count). The van der Waals surface area contributed by atoms with Gasteiger partial charge in [0.05, 0.1) is 0 Å². The van der Waals surface area contributed by atoms with E-state index in [9.17, 15) is 5.11 Å². The standard InChI is InChI=1S/C31H31NO/c1-21-13-15-26(17-23(21)3)25(19-31(33)27-16-14-22(2)24(4)18-27)9-5-6-10-28-20-32-30-12-8-7-11-29(28)30/h6-20,32-33H,5H2,1-4H3/b10-6+,25-9+,31-19-. The Balaban J connectivity index is 1.65. The highest BCUT2D eigenvalue weighted by atomic mass is 16.3. The molecule has 0 aliphatic rings. The SMILES string of the molecule is Cc1ccc(/C(O)=C/C(=C\C/C=C/c2c[nH]c3ccccc23)c2ccc(C)c(C)c2)cc1C. The van der Waals surface area contributed by atoms with Crippen LogP contribution in [0.5, 0.6) is 0 Å². The van der Waals surface area contributed by atoms with Crippen molar-refractivity contribution in [2.24, 2.45) is 0 Å². The molecule has 4 aromatic rings. The first-order chi connectivity index (χ1) is 15.9. The van der Waals surface area contributed by atoms with Gasteiger partial charge in [-0.25, -0.2) is 0 Å². The Bertz CT molecular complexity index is 1380. The number of rotatable bonds is 6. The van der Waals surface area contributed by atoms with E-state index in [-0.39, 0.29) is 5.76 Å². The predicted molar refractivity (Wildman–Crippen MR) is 142 cm³/mol. The Morgan fingerprint density at radius 2 is 1.48 bits per heavy atom. The fourth-order valence-electron chi connectivity index (χ4n) is 3.93. The van der Waals surface area contributed by atoms with Gasteiger partial charge in [0.2, 0.25) is 0 Å². The number of aryl methyl sites for hydroxylation is 4. The maximum Gasteiger partial charge on any atom is 0.123 e. The predicted octanol–water partition coefficient (Wildman–Crippen LogP) is 8.49. The van der Waals surface area contributed by atoms with E-state index in [1.807, 2.05) is 30.5 Å². The molecule has 0 aliphatic heterocycles. The third-order valence-electron chi connectivity index (χ3n) is 6.33. The summed E-state index contributed by atoms with van der Waals surface area (Å²) in [6.45, 7) is 8.40. The van der Waals surface area contributed by atoms with Crippen molar-refractivity contribution in [1.29, 1.82) is 0 Å².